The second-order valence-corrected chi connectivity index (χ2v) is 3.28. The summed E-state index contributed by atoms with van der Waals surface area (Å²) in [5.74, 6) is 0.191. The van der Waals surface area contributed by atoms with Gasteiger partial charge in [-0.05, 0) is 19.8 Å². The van der Waals surface area contributed by atoms with Crippen LogP contribution in [-0.2, 0) is 4.74 Å². The summed E-state index contributed by atoms with van der Waals surface area (Å²) >= 11 is 0. The topological polar surface area (TPSA) is 9.23 Å². The quantitative estimate of drug-likeness (QED) is 0.574. The van der Waals surface area contributed by atoms with Crippen molar-refractivity contribution in [2.24, 2.45) is 5.92 Å². The van der Waals surface area contributed by atoms with Crippen LogP contribution in [0.2, 0.25) is 0 Å². The number of ether oxygens (including phenoxy) is 1. The molecule has 11 heavy (non-hydrogen) atoms. The first kappa shape index (κ1) is 10.5. The smallest absolute Gasteiger partial charge is 0.159 e. The van der Waals surface area contributed by atoms with E-state index in [1.165, 1.54) is 0 Å². The van der Waals surface area contributed by atoms with E-state index in [9.17, 15) is 4.39 Å². The molecule has 2 heteroatoms. The van der Waals surface area contributed by atoms with E-state index in [2.05, 4.69) is 6.58 Å². The monoisotopic (exact) mass is 160 g/mol. The molecule has 0 aromatic heterocycles. The number of hydrogen-bond donors (Lipinski definition) is 0. The summed E-state index contributed by atoms with van der Waals surface area (Å²) in [5.41, 5.74) is 0. The SMILES string of the molecule is C=C(OC(C)C)C(F)C(C)C. The lowest BCUT2D eigenvalue weighted by atomic mass is 10.1. The van der Waals surface area contributed by atoms with Crippen molar-refractivity contribution in [1.82, 2.24) is 0 Å². The largest absolute Gasteiger partial charge is 0.493 e. The van der Waals surface area contributed by atoms with E-state index in [4.69, 9.17) is 4.74 Å². The van der Waals surface area contributed by atoms with Crippen LogP contribution in [0.3, 0.4) is 0 Å². The molecule has 0 spiro atoms. The van der Waals surface area contributed by atoms with Crippen molar-refractivity contribution in [2.75, 3.05) is 0 Å². The highest BCUT2D eigenvalue weighted by atomic mass is 19.1. The van der Waals surface area contributed by atoms with Gasteiger partial charge in [-0.25, -0.2) is 4.39 Å². The molecule has 0 amide bonds. The number of rotatable bonds is 4. The molecule has 1 unspecified atom stereocenters. The lowest BCUT2D eigenvalue weighted by Gasteiger charge is -2.18. The summed E-state index contributed by atoms with van der Waals surface area (Å²) in [4.78, 5) is 0. The molecule has 0 heterocycles. The van der Waals surface area contributed by atoms with Gasteiger partial charge in [0.1, 0.15) is 5.76 Å². The summed E-state index contributed by atoms with van der Waals surface area (Å²) in [6.45, 7) is 10.8. The average molecular weight is 160 g/mol. The summed E-state index contributed by atoms with van der Waals surface area (Å²) in [6, 6.07) is 0. The van der Waals surface area contributed by atoms with Crippen molar-refractivity contribution >= 4 is 0 Å². The second-order valence-electron chi connectivity index (χ2n) is 3.28. The Bertz CT molecular complexity index is 130. The van der Waals surface area contributed by atoms with Crippen LogP contribution in [0.25, 0.3) is 0 Å². The summed E-state index contributed by atoms with van der Waals surface area (Å²) in [6.07, 6.45) is -1.03. The molecule has 0 aliphatic heterocycles. The molecule has 0 aliphatic rings. The Kier molecular flexibility index (Phi) is 4.16. The molecule has 0 aliphatic carbocycles. The third-order valence-electron chi connectivity index (χ3n) is 1.28. The first-order chi connectivity index (χ1) is 4.95. The van der Waals surface area contributed by atoms with Crippen LogP contribution >= 0.6 is 0 Å². The number of allylic oxidation sites excluding steroid dienone is 1. The van der Waals surface area contributed by atoms with Gasteiger partial charge in [0.2, 0.25) is 0 Å². The molecule has 0 saturated heterocycles. The van der Waals surface area contributed by atoms with Crippen molar-refractivity contribution in [3.05, 3.63) is 12.3 Å². The van der Waals surface area contributed by atoms with Crippen molar-refractivity contribution in [3.8, 4) is 0 Å². The third kappa shape index (κ3) is 4.02. The molecule has 0 N–H and O–H groups in total. The molecule has 1 nitrogen and oxygen atoms in total. The molecule has 0 fully saturated rings. The maximum Gasteiger partial charge on any atom is 0.159 e. The summed E-state index contributed by atoms with van der Waals surface area (Å²) < 4.78 is 18.2. The highest BCUT2D eigenvalue weighted by Crippen LogP contribution is 2.16. The molecular weight excluding hydrogens is 143 g/mol. The van der Waals surface area contributed by atoms with E-state index in [-0.39, 0.29) is 17.8 Å². The minimum atomic E-state index is -1.04. The van der Waals surface area contributed by atoms with E-state index in [0.717, 1.165) is 0 Å². The predicted molar refractivity (Wildman–Crippen MR) is 45.1 cm³/mol. The molecule has 0 rings (SSSR count). The van der Waals surface area contributed by atoms with Crippen molar-refractivity contribution < 1.29 is 9.13 Å². The fourth-order valence-electron chi connectivity index (χ4n) is 0.740. The molecule has 0 aromatic carbocycles. The Morgan fingerprint density at radius 1 is 1.27 bits per heavy atom. The zero-order valence-corrected chi connectivity index (χ0v) is 7.73. The maximum absolute atomic E-state index is 13.1. The van der Waals surface area contributed by atoms with Gasteiger partial charge in [-0.2, -0.15) is 0 Å². The Balaban J connectivity index is 3.83. The van der Waals surface area contributed by atoms with Crippen LogP contribution in [0.4, 0.5) is 4.39 Å². The standard InChI is InChI=1S/C9H17FO/c1-6(2)9(10)8(5)11-7(3)4/h6-7,9H,5H2,1-4H3. The van der Waals surface area contributed by atoms with E-state index in [1.54, 1.807) is 13.8 Å². The van der Waals surface area contributed by atoms with Gasteiger partial charge < -0.3 is 4.74 Å². The minimum Gasteiger partial charge on any atom is -0.493 e. The number of halogens is 1. The van der Waals surface area contributed by atoms with E-state index in [1.807, 2.05) is 13.8 Å². The highest BCUT2D eigenvalue weighted by Gasteiger charge is 2.17. The van der Waals surface area contributed by atoms with Gasteiger partial charge in [-0.1, -0.05) is 20.4 Å². The molecule has 1 atom stereocenters. The van der Waals surface area contributed by atoms with Gasteiger partial charge in [0.15, 0.2) is 6.17 Å². The van der Waals surface area contributed by atoms with Gasteiger partial charge in [-0.3, -0.25) is 0 Å². The Labute approximate surface area is 68.2 Å². The third-order valence-corrected chi connectivity index (χ3v) is 1.28. The molecular formula is C9H17FO. The maximum atomic E-state index is 13.1. The minimum absolute atomic E-state index is 0.0134. The zero-order chi connectivity index (χ0) is 9.02. The Hall–Kier alpha value is -0.530. The van der Waals surface area contributed by atoms with Crippen LogP contribution < -0.4 is 0 Å². The Morgan fingerprint density at radius 3 is 2.00 bits per heavy atom. The Morgan fingerprint density at radius 2 is 1.73 bits per heavy atom. The molecule has 0 aromatic rings. The van der Waals surface area contributed by atoms with Crippen LogP contribution in [-0.4, -0.2) is 12.3 Å². The van der Waals surface area contributed by atoms with Gasteiger partial charge in [0.25, 0.3) is 0 Å². The van der Waals surface area contributed by atoms with Gasteiger partial charge >= 0.3 is 0 Å². The first-order valence-corrected chi connectivity index (χ1v) is 3.94. The van der Waals surface area contributed by atoms with Crippen molar-refractivity contribution in [3.63, 3.8) is 0 Å². The zero-order valence-electron chi connectivity index (χ0n) is 7.73. The normalized spacial score (nSPS) is 13.7. The van der Waals surface area contributed by atoms with E-state index >= 15 is 0 Å². The highest BCUT2D eigenvalue weighted by molar-refractivity contribution is 4.94. The lowest BCUT2D eigenvalue weighted by Crippen LogP contribution is -2.16. The fourth-order valence-corrected chi connectivity index (χ4v) is 0.740. The van der Waals surface area contributed by atoms with Crippen molar-refractivity contribution in [2.45, 2.75) is 40.0 Å². The fraction of sp³-hybridized carbons (Fsp3) is 0.778. The van der Waals surface area contributed by atoms with Gasteiger partial charge in [0.05, 0.1) is 6.10 Å². The van der Waals surface area contributed by atoms with E-state index < -0.39 is 6.17 Å². The van der Waals surface area contributed by atoms with Crippen LogP contribution in [0.15, 0.2) is 12.3 Å². The summed E-state index contributed by atoms with van der Waals surface area (Å²) in [5, 5.41) is 0. The molecule has 0 saturated carbocycles. The lowest BCUT2D eigenvalue weighted by molar-refractivity contribution is 0.0926. The number of alkyl halides is 1. The summed E-state index contributed by atoms with van der Waals surface area (Å²) in [7, 11) is 0. The molecule has 0 bridgehead atoms. The van der Waals surface area contributed by atoms with Crippen molar-refractivity contribution in [1.29, 1.82) is 0 Å². The molecule has 66 valence electrons. The number of hydrogen-bond acceptors (Lipinski definition) is 1. The van der Waals surface area contributed by atoms with Crippen LogP contribution in [0.5, 0.6) is 0 Å². The van der Waals surface area contributed by atoms with Gasteiger partial charge in [0, 0.05) is 0 Å². The van der Waals surface area contributed by atoms with E-state index in [0.29, 0.717) is 0 Å². The van der Waals surface area contributed by atoms with Crippen LogP contribution in [0, 0.1) is 5.92 Å². The second kappa shape index (κ2) is 4.37. The average Bonchev–Trinajstić information content (AvgIpc) is 1.84. The van der Waals surface area contributed by atoms with Gasteiger partial charge in [-0.15, -0.1) is 0 Å². The molecule has 0 radical (unpaired) electrons. The predicted octanol–water partition coefficient (Wildman–Crippen LogP) is 2.92. The van der Waals surface area contributed by atoms with Crippen LogP contribution in [0.1, 0.15) is 27.7 Å². The first-order valence-electron chi connectivity index (χ1n) is 3.94.